The van der Waals surface area contributed by atoms with Gasteiger partial charge in [0.05, 0.1) is 11.5 Å². The third kappa shape index (κ3) is 6.79. The molecule has 0 radical (unpaired) electrons. The molecule has 0 unspecified atom stereocenters. The van der Waals surface area contributed by atoms with Crippen LogP contribution >= 0.6 is 12.0 Å². The molecular weight excluding hydrogens is 448 g/mol. The second-order valence-corrected chi connectivity index (χ2v) is 11.2. The summed E-state index contributed by atoms with van der Waals surface area (Å²) >= 11 is 1.19. The van der Waals surface area contributed by atoms with Crippen molar-refractivity contribution >= 4 is 29.2 Å². The van der Waals surface area contributed by atoms with Crippen molar-refractivity contribution in [2.75, 3.05) is 6.61 Å². The zero-order valence-electron chi connectivity index (χ0n) is 20.8. The van der Waals surface area contributed by atoms with E-state index in [1.165, 1.54) is 18.1 Å². The first-order valence-electron chi connectivity index (χ1n) is 11.4. The maximum Gasteiger partial charge on any atom is 0.248 e. The lowest BCUT2D eigenvalue weighted by Crippen LogP contribution is -2.17. The topological polar surface area (TPSA) is 83.9 Å². The minimum absolute atomic E-state index is 0.115. The predicted molar refractivity (Wildman–Crippen MR) is 140 cm³/mol. The number of benzene rings is 2. The lowest BCUT2D eigenvalue weighted by atomic mass is 9.79. The highest BCUT2D eigenvalue weighted by Crippen LogP contribution is 2.41. The Bertz CT molecular complexity index is 1180. The van der Waals surface area contributed by atoms with Gasteiger partial charge in [0.15, 0.2) is 0 Å². The summed E-state index contributed by atoms with van der Waals surface area (Å²) in [7, 11) is 0. The van der Waals surface area contributed by atoms with Crippen molar-refractivity contribution in [1.29, 1.82) is 0 Å². The number of rotatable bonds is 8. The number of nitrogens with zero attached hydrogens (tertiary/aromatic N) is 1. The monoisotopic (exact) mass is 482 g/mol. The number of H-pyrrole nitrogens is 1. The summed E-state index contributed by atoms with van der Waals surface area (Å²) in [6.07, 6.45) is 3.25. The smallest absolute Gasteiger partial charge is 0.248 e. The van der Waals surface area contributed by atoms with E-state index in [1.54, 1.807) is 12.3 Å². The molecule has 0 bridgehead atoms. The summed E-state index contributed by atoms with van der Waals surface area (Å²) in [6.45, 7) is 13.1. The van der Waals surface area contributed by atoms with Gasteiger partial charge in [-0.05, 0) is 60.1 Å². The Balaban J connectivity index is 1.49. The molecule has 0 aliphatic heterocycles. The van der Waals surface area contributed by atoms with E-state index in [0.29, 0.717) is 12.4 Å². The van der Waals surface area contributed by atoms with E-state index in [1.807, 2.05) is 30.3 Å². The van der Waals surface area contributed by atoms with Crippen LogP contribution in [0.25, 0.3) is 10.9 Å². The number of aromatic hydroxyl groups is 1. The number of phenolic OH excluding ortho intramolecular Hbond substituents is 1. The van der Waals surface area contributed by atoms with Crippen LogP contribution in [0.4, 0.5) is 0 Å². The zero-order chi connectivity index (χ0) is 24.9. The third-order valence-corrected chi connectivity index (χ3v) is 5.98. The predicted octanol–water partition coefficient (Wildman–Crippen LogP) is 6.70. The molecule has 2 N–H and O–H groups in total. The van der Waals surface area contributed by atoms with E-state index in [4.69, 9.17) is 9.02 Å². The van der Waals surface area contributed by atoms with Crippen molar-refractivity contribution in [1.82, 2.24) is 4.98 Å². The summed E-state index contributed by atoms with van der Waals surface area (Å²) < 4.78 is 11.3. The van der Waals surface area contributed by atoms with Crippen LogP contribution in [0.5, 0.6) is 11.5 Å². The second kappa shape index (κ2) is 10.6. The number of unbranched alkanes of at least 4 members (excludes halogenated alkanes) is 1. The molecule has 0 aliphatic carbocycles. The Morgan fingerprint density at radius 3 is 2.32 bits per heavy atom. The molecule has 1 aromatic heterocycles. The van der Waals surface area contributed by atoms with Gasteiger partial charge in [0, 0.05) is 34.3 Å². The highest BCUT2D eigenvalue weighted by molar-refractivity contribution is 7.94. The molecule has 182 valence electrons. The SMILES string of the molecule is CC(C)(C)c1cc(SON=CCCCOc2ccc3[nH]c(=O)ccc3c2)cc(C(C)(C)C)c1O. The number of hydrogen-bond donors (Lipinski definition) is 2. The molecule has 0 amide bonds. The number of ether oxygens (including phenoxy) is 1. The van der Waals surface area contributed by atoms with E-state index in [9.17, 15) is 9.90 Å². The van der Waals surface area contributed by atoms with Crippen molar-refractivity contribution in [3.63, 3.8) is 0 Å². The lowest BCUT2D eigenvalue weighted by Gasteiger charge is -2.27. The van der Waals surface area contributed by atoms with Gasteiger partial charge in [-0.3, -0.25) is 4.79 Å². The van der Waals surface area contributed by atoms with Crippen LogP contribution in [0.2, 0.25) is 0 Å². The molecule has 2 aromatic carbocycles. The van der Waals surface area contributed by atoms with Gasteiger partial charge < -0.3 is 19.1 Å². The molecule has 0 saturated carbocycles. The van der Waals surface area contributed by atoms with Crippen molar-refractivity contribution in [2.45, 2.75) is 70.1 Å². The first kappa shape index (κ1) is 25.7. The number of aromatic nitrogens is 1. The third-order valence-electron chi connectivity index (χ3n) is 5.39. The van der Waals surface area contributed by atoms with Crippen molar-refractivity contribution in [2.24, 2.45) is 5.16 Å². The molecule has 3 rings (SSSR count). The number of phenols is 1. The number of aromatic amines is 1. The van der Waals surface area contributed by atoms with Crippen LogP contribution in [0.15, 0.2) is 57.3 Å². The maximum atomic E-state index is 11.4. The van der Waals surface area contributed by atoms with E-state index in [-0.39, 0.29) is 16.4 Å². The van der Waals surface area contributed by atoms with Gasteiger partial charge in [-0.25, -0.2) is 0 Å². The van der Waals surface area contributed by atoms with Gasteiger partial charge in [0.2, 0.25) is 5.56 Å². The summed E-state index contributed by atoms with van der Waals surface area (Å²) in [5.74, 6) is 1.12. The molecule has 0 spiro atoms. The lowest BCUT2D eigenvalue weighted by molar-refractivity contribution is 0.313. The van der Waals surface area contributed by atoms with Crippen LogP contribution < -0.4 is 10.3 Å². The van der Waals surface area contributed by atoms with Crippen molar-refractivity contribution in [3.05, 3.63) is 63.9 Å². The normalized spacial score (nSPS) is 12.4. The minimum atomic E-state index is -0.188. The number of hydrogen-bond acceptors (Lipinski definition) is 6. The molecule has 3 aromatic rings. The zero-order valence-corrected chi connectivity index (χ0v) is 21.6. The molecule has 34 heavy (non-hydrogen) atoms. The number of nitrogens with one attached hydrogen (secondary N) is 1. The number of pyridine rings is 1. The number of oxime groups is 1. The van der Waals surface area contributed by atoms with Gasteiger partial charge >= 0.3 is 0 Å². The van der Waals surface area contributed by atoms with E-state index >= 15 is 0 Å². The van der Waals surface area contributed by atoms with Gasteiger partial charge in [-0.15, -0.1) is 0 Å². The van der Waals surface area contributed by atoms with Gasteiger partial charge in [-0.2, -0.15) is 0 Å². The summed E-state index contributed by atoms with van der Waals surface area (Å²) in [5.41, 5.74) is 2.09. The fourth-order valence-electron chi connectivity index (χ4n) is 3.53. The average Bonchev–Trinajstić information content (AvgIpc) is 2.74. The molecule has 6 nitrogen and oxygen atoms in total. The molecule has 0 atom stereocenters. The molecular formula is C27H34N2O4S. The van der Waals surface area contributed by atoms with Crippen LogP contribution in [0.1, 0.15) is 65.5 Å². The molecule has 1 heterocycles. The quantitative estimate of drug-likeness (QED) is 0.162. The molecule has 0 aliphatic rings. The highest BCUT2D eigenvalue weighted by atomic mass is 32.2. The summed E-state index contributed by atoms with van der Waals surface area (Å²) in [6, 6.07) is 12.8. The van der Waals surface area contributed by atoms with Crippen molar-refractivity contribution < 1.29 is 14.1 Å². The largest absolute Gasteiger partial charge is 0.507 e. The first-order chi connectivity index (χ1) is 15.9. The van der Waals surface area contributed by atoms with Crippen LogP contribution in [-0.4, -0.2) is 22.9 Å². The summed E-state index contributed by atoms with van der Waals surface area (Å²) in [4.78, 5) is 15.1. The van der Waals surface area contributed by atoms with E-state index in [2.05, 4.69) is 51.7 Å². The standard InChI is InChI=1S/C27H34N2O4S/c1-26(2,3)21-16-20(17-22(25(21)31)27(4,5)6)34-33-28-13-7-8-14-32-19-10-11-23-18(15-19)9-12-24(30)29-23/h9-13,15-17,31H,7-8,14H2,1-6H3,(H,29,30). The Kier molecular flexibility index (Phi) is 7.97. The Hall–Kier alpha value is -2.93. The minimum Gasteiger partial charge on any atom is -0.507 e. The fraction of sp³-hybridized carbons (Fsp3) is 0.407. The van der Waals surface area contributed by atoms with E-state index < -0.39 is 0 Å². The van der Waals surface area contributed by atoms with Gasteiger partial charge in [0.1, 0.15) is 23.5 Å². The molecule has 7 heteroatoms. The maximum absolute atomic E-state index is 11.4. The first-order valence-corrected chi connectivity index (χ1v) is 12.2. The van der Waals surface area contributed by atoms with Crippen LogP contribution in [0, 0.1) is 0 Å². The summed E-state index contributed by atoms with van der Waals surface area (Å²) in [5, 5.41) is 15.8. The van der Waals surface area contributed by atoms with E-state index in [0.717, 1.165) is 45.5 Å². The van der Waals surface area contributed by atoms with Gasteiger partial charge in [0.25, 0.3) is 0 Å². The fourth-order valence-corrected chi connectivity index (χ4v) is 4.06. The van der Waals surface area contributed by atoms with Crippen LogP contribution in [-0.2, 0) is 15.1 Å². The Labute approximate surface area is 205 Å². The number of fused-ring (bicyclic) bond motifs is 1. The van der Waals surface area contributed by atoms with Crippen molar-refractivity contribution in [3.8, 4) is 11.5 Å². The Morgan fingerprint density at radius 1 is 1.00 bits per heavy atom. The molecule has 0 fully saturated rings. The average molecular weight is 483 g/mol. The second-order valence-electron chi connectivity index (χ2n) is 10.4. The highest BCUT2D eigenvalue weighted by Gasteiger charge is 2.26. The molecule has 0 saturated heterocycles. The Morgan fingerprint density at radius 2 is 1.68 bits per heavy atom. The van der Waals surface area contributed by atoms with Gasteiger partial charge in [-0.1, -0.05) is 46.7 Å². The van der Waals surface area contributed by atoms with Crippen LogP contribution in [0.3, 0.4) is 0 Å².